The molecule has 1 aliphatic carbocycles. The molecule has 34 heavy (non-hydrogen) atoms. The second-order valence-corrected chi connectivity index (χ2v) is 8.38. The molecule has 0 aromatic heterocycles. The first-order chi connectivity index (χ1) is 16.2. The van der Waals surface area contributed by atoms with E-state index in [1.54, 1.807) is 12.1 Å². The van der Waals surface area contributed by atoms with Crippen molar-refractivity contribution in [2.45, 2.75) is 26.4 Å². The molecular weight excluding hydrogens is 464 g/mol. The van der Waals surface area contributed by atoms with Crippen molar-refractivity contribution < 1.29 is 33.3 Å². The lowest BCUT2D eigenvalue weighted by Gasteiger charge is -2.18. The Balaban J connectivity index is 1.80. The van der Waals surface area contributed by atoms with Gasteiger partial charge in [0.15, 0.2) is 17.6 Å². The Labute approximate surface area is 202 Å². The van der Waals surface area contributed by atoms with Gasteiger partial charge < -0.3 is 29.6 Å². The largest absolute Gasteiger partial charge is 0.495 e. The van der Waals surface area contributed by atoms with Gasteiger partial charge in [0.05, 0.1) is 38.3 Å². The number of esters is 1. The number of methoxy groups -OCH3 is 3. The monoisotopic (exact) mass is 490 g/mol. The van der Waals surface area contributed by atoms with Crippen LogP contribution in [0.25, 0.3) is 0 Å². The van der Waals surface area contributed by atoms with Crippen LogP contribution in [-0.2, 0) is 14.3 Å². The summed E-state index contributed by atoms with van der Waals surface area (Å²) in [6, 6.07) is 7.63. The Morgan fingerprint density at radius 2 is 1.56 bits per heavy atom. The van der Waals surface area contributed by atoms with Gasteiger partial charge in [-0.2, -0.15) is 0 Å². The molecule has 1 fully saturated rings. The van der Waals surface area contributed by atoms with Crippen LogP contribution in [0.1, 0.15) is 30.6 Å². The minimum atomic E-state index is -1.17. The number of anilines is 2. The highest BCUT2D eigenvalue weighted by molar-refractivity contribution is 6.31. The van der Waals surface area contributed by atoms with Crippen molar-refractivity contribution in [1.29, 1.82) is 0 Å². The lowest BCUT2D eigenvalue weighted by Crippen LogP contribution is -2.30. The smallest absolute Gasteiger partial charge is 0.341 e. The molecule has 0 bridgehead atoms. The van der Waals surface area contributed by atoms with Crippen LogP contribution in [-0.4, -0.2) is 45.2 Å². The molecule has 2 amide bonds. The summed E-state index contributed by atoms with van der Waals surface area (Å²) in [6.07, 6.45) is -0.389. The molecular formula is C24H27ClN2O7. The zero-order valence-electron chi connectivity index (χ0n) is 19.6. The number of hydrogen-bond acceptors (Lipinski definition) is 7. The summed E-state index contributed by atoms with van der Waals surface area (Å²) >= 11 is 6.00. The fraction of sp³-hybridized carbons (Fsp3) is 0.375. The maximum absolute atomic E-state index is 13.0. The molecule has 2 N–H and O–H groups in total. The average molecular weight is 491 g/mol. The van der Waals surface area contributed by atoms with Crippen LogP contribution in [0.2, 0.25) is 5.02 Å². The predicted octanol–water partition coefficient (Wildman–Crippen LogP) is 4.14. The number of ether oxygens (including phenoxy) is 4. The van der Waals surface area contributed by atoms with Crippen molar-refractivity contribution in [2.75, 3.05) is 32.0 Å². The van der Waals surface area contributed by atoms with Crippen LogP contribution in [0.15, 0.2) is 30.3 Å². The molecule has 0 aliphatic heterocycles. The predicted molar refractivity (Wildman–Crippen MR) is 127 cm³/mol. The van der Waals surface area contributed by atoms with E-state index in [2.05, 4.69) is 10.6 Å². The van der Waals surface area contributed by atoms with E-state index in [1.165, 1.54) is 46.5 Å². The van der Waals surface area contributed by atoms with Crippen LogP contribution in [0.5, 0.6) is 17.2 Å². The Bertz CT molecular complexity index is 1100. The quantitative estimate of drug-likeness (QED) is 0.508. The second kappa shape index (κ2) is 10.6. The minimum Gasteiger partial charge on any atom is -0.495 e. The summed E-state index contributed by atoms with van der Waals surface area (Å²) in [4.78, 5) is 38.2. The third kappa shape index (κ3) is 5.72. The Morgan fingerprint density at radius 3 is 2.15 bits per heavy atom. The lowest BCUT2D eigenvalue weighted by molar-refractivity contribution is -0.123. The van der Waals surface area contributed by atoms with E-state index in [9.17, 15) is 14.4 Å². The van der Waals surface area contributed by atoms with Crippen LogP contribution in [0.3, 0.4) is 0 Å². The highest BCUT2D eigenvalue weighted by Gasteiger charge is 2.39. The molecule has 1 aliphatic rings. The first-order valence-electron chi connectivity index (χ1n) is 10.6. The molecule has 3 atom stereocenters. The van der Waals surface area contributed by atoms with Gasteiger partial charge in [-0.3, -0.25) is 9.59 Å². The molecule has 9 nitrogen and oxygen atoms in total. The number of nitrogens with one attached hydrogen (secondary N) is 2. The summed E-state index contributed by atoms with van der Waals surface area (Å²) in [7, 11) is 4.32. The zero-order valence-corrected chi connectivity index (χ0v) is 20.3. The number of carbonyl (C=O) groups excluding carboxylic acids is 3. The second-order valence-electron chi connectivity index (χ2n) is 7.94. The minimum absolute atomic E-state index is 0.0271. The molecule has 182 valence electrons. The molecule has 3 unspecified atom stereocenters. The van der Waals surface area contributed by atoms with Crippen molar-refractivity contribution in [3.8, 4) is 17.2 Å². The van der Waals surface area contributed by atoms with Gasteiger partial charge in [-0.25, -0.2) is 4.79 Å². The molecule has 0 radical (unpaired) electrons. The van der Waals surface area contributed by atoms with Crippen molar-refractivity contribution in [3.05, 3.63) is 40.9 Å². The van der Waals surface area contributed by atoms with Gasteiger partial charge in [0.2, 0.25) is 5.91 Å². The van der Waals surface area contributed by atoms with Gasteiger partial charge in [0.1, 0.15) is 5.75 Å². The van der Waals surface area contributed by atoms with Crippen LogP contribution in [0.4, 0.5) is 11.4 Å². The van der Waals surface area contributed by atoms with E-state index in [0.29, 0.717) is 22.2 Å². The molecule has 1 saturated carbocycles. The summed E-state index contributed by atoms with van der Waals surface area (Å²) in [5.41, 5.74) is 0.565. The number of amides is 2. The highest BCUT2D eigenvalue weighted by Crippen LogP contribution is 2.40. The van der Waals surface area contributed by atoms with Crippen LogP contribution < -0.4 is 24.8 Å². The normalized spacial score (nSPS) is 17.2. The van der Waals surface area contributed by atoms with Gasteiger partial charge in [0.25, 0.3) is 5.91 Å². The molecule has 3 rings (SSSR count). The van der Waals surface area contributed by atoms with Gasteiger partial charge in [-0.15, -0.1) is 0 Å². The first kappa shape index (κ1) is 25.2. The topological polar surface area (TPSA) is 112 Å². The number of carbonyl (C=O) groups is 3. The van der Waals surface area contributed by atoms with Crippen LogP contribution >= 0.6 is 11.6 Å². The highest BCUT2D eigenvalue weighted by atomic mass is 35.5. The standard InChI is InChI=1S/C24H27ClN2O7/c1-12-8-15(12)23(29)26-17-11-21(33-5)20(32-4)10-16(17)24(30)34-13(2)22(28)27-18-9-14(25)6-7-19(18)31-3/h6-7,9-13,15H,8H2,1-5H3,(H,26,29)(H,27,28). The van der Waals surface area contributed by atoms with E-state index in [-0.39, 0.29) is 34.7 Å². The number of benzene rings is 2. The zero-order chi connectivity index (χ0) is 25.0. The van der Waals surface area contributed by atoms with Crippen molar-refractivity contribution in [1.82, 2.24) is 0 Å². The fourth-order valence-electron chi connectivity index (χ4n) is 3.35. The Kier molecular flexibility index (Phi) is 7.88. The summed E-state index contributed by atoms with van der Waals surface area (Å²) in [5, 5.41) is 5.80. The lowest BCUT2D eigenvalue weighted by atomic mass is 10.1. The van der Waals surface area contributed by atoms with E-state index in [0.717, 1.165) is 6.42 Å². The first-order valence-corrected chi connectivity index (χ1v) is 11.0. The molecule has 10 heteroatoms. The molecule has 2 aromatic carbocycles. The Morgan fingerprint density at radius 1 is 0.941 bits per heavy atom. The van der Waals surface area contributed by atoms with E-state index < -0.39 is 18.0 Å². The van der Waals surface area contributed by atoms with E-state index in [1.807, 2.05) is 6.92 Å². The molecule has 0 saturated heterocycles. The van der Waals surface area contributed by atoms with Gasteiger partial charge in [-0.05, 0) is 37.5 Å². The maximum Gasteiger partial charge on any atom is 0.341 e. The van der Waals surface area contributed by atoms with Gasteiger partial charge in [-0.1, -0.05) is 18.5 Å². The molecule has 2 aromatic rings. The third-order valence-electron chi connectivity index (χ3n) is 5.52. The van der Waals surface area contributed by atoms with Gasteiger partial charge in [0, 0.05) is 23.1 Å². The van der Waals surface area contributed by atoms with E-state index in [4.69, 9.17) is 30.5 Å². The average Bonchev–Trinajstić information content (AvgIpc) is 3.55. The van der Waals surface area contributed by atoms with Crippen molar-refractivity contribution in [2.24, 2.45) is 11.8 Å². The molecule has 0 spiro atoms. The SMILES string of the molecule is COc1ccc(Cl)cc1NC(=O)C(C)OC(=O)c1cc(OC)c(OC)cc1NC(=O)C1CC1C. The Hall–Kier alpha value is -3.46. The molecule has 0 heterocycles. The van der Waals surface area contributed by atoms with Crippen LogP contribution in [0, 0.1) is 11.8 Å². The fourth-order valence-corrected chi connectivity index (χ4v) is 3.53. The summed E-state index contributed by atoms with van der Waals surface area (Å²) in [5.74, 6) is -0.446. The third-order valence-corrected chi connectivity index (χ3v) is 5.76. The number of halogens is 1. The van der Waals surface area contributed by atoms with E-state index >= 15 is 0 Å². The summed E-state index contributed by atoms with van der Waals surface area (Å²) in [6.45, 7) is 3.40. The number of hydrogen-bond donors (Lipinski definition) is 2. The number of rotatable bonds is 9. The van der Waals surface area contributed by atoms with Gasteiger partial charge >= 0.3 is 5.97 Å². The summed E-state index contributed by atoms with van der Waals surface area (Å²) < 4.78 is 21.2. The van der Waals surface area contributed by atoms with Crippen molar-refractivity contribution in [3.63, 3.8) is 0 Å². The van der Waals surface area contributed by atoms with Crippen molar-refractivity contribution >= 4 is 40.8 Å². The maximum atomic E-state index is 13.0.